The van der Waals surface area contributed by atoms with Gasteiger partial charge in [0.1, 0.15) is 0 Å². The summed E-state index contributed by atoms with van der Waals surface area (Å²) in [6.07, 6.45) is 1.86. The molecular formula is C49H31N3. The quantitative estimate of drug-likeness (QED) is 0.172. The van der Waals surface area contributed by atoms with Crippen LogP contribution in [0, 0.1) is 0 Å². The van der Waals surface area contributed by atoms with Gasteiger partial charge in [0, 0.05) is 28.5 Å². The lowest BCUT2D eigenvalue weighted by atomic mass is 9.86. The second-order valence-corrected chi connectivity index (χ2v) is 13.2. The van der Waals surface area contributed by atoms with Gasteiger partial charge in [-0.25, -0.2) is 9.97 Å². The monoisotopic (exact) mass is 661 g/mol. The molecule has 0 spiro atoms. The van der Waals surface area contributed by atoms with Gasteiger partial charge in [-0.3, -0.25) is 4.98 Å². The minimum absolute atomic E-state index is 0.691. The molecule has 0 amide bonds. The Balaban J connectivity index is 1.29. The maximum absolute atomic E-state index is 5.22. The minimum Gasteiger partial charge on any atom is -0.256 e. The molecule has 2 heterocycles. The van der Waals surface area contributed by atoms with Crippen molar-refractivity contribution in [2.45, 2.75) is 0 Å². The third kappa shape index (κ3) is 5.10. The van der Waals surface area contributed by atoms with Crippen molar-refractivity contribution in [1.82, 2.24) is 15.0 Å². The van der Waals surface area contributed by atoms with E-state index in [1.807, 2.05) is 42.6 Å². The number of nitrogens with zero attached hydrogens (tertiary/aromatic N) is 3. The van der Waals surface area contributed by atoms with Crippen LogP contribution in [0.1, 0.15) is 0 Å². The molecule has 8 aromatic carbocycles. The smallest absolute Gasteiger partial charge is 0.160 e. The number of pyridine rings is 1. The molecule has 0 bridgehead atoms. The van der Waals surface area contributed by atoms with Crippen LogP contribution < -0.4 is 0 Å². The molecule has 0 fully saturated rings. The van der Waals surface area contributed by atoms with Crippen molar-refractivity contribution in [1.29, 1.82) is 0 Å². The van der Waals surface area contributed by atoms with Gasteiger partial charge < -0.3 is 0 Å². The number of benzene rings is 8. The first-order valence-electron chi connectivity index (χ1n) is 17.6. The molecule has 0 saturated heterocycles. The standard InChI is InChI=1S/C49H31N3/c1-3-15-32(16-4-1)46-31-47(52-49(51-46)33-17-5-2-6-18-33)36-28-34(27-35(29-36)45-25-13-14-26-50-45)43-30-44-39-21-8-7-19-37(39)38-20-9-11-23-41(38)48(44)42-24-12-10-22-40(42)43/h1-31H. The predicted octanol–water partition coefficient (Wildman–Crippen LogP) is 12.8. The van der Waals surface area contributed by atoms with Crippen LogP contribution in [0.25, 0.3) is 99.4 Å². The van der Waals surface area contributed by atoms with Crippen molar-refractivity contribution >= 4 is 43.1 Å². The lowest BCUT2D eigenvalue weighted by Crippen LogP contribution is -1.97. The highest BCUT2D eigenvalue weighted by Gasteiger charge is 2.18. The molecule has 3 nitrogen and oxygen atoms in total. The highest BCUT2D eigenvalue weighted by atomic mass is 14.9. The Morgan fingerprint density at radius 2 is 0.769 bits per heavy atom. The fraction of sp³-hybridized carbons (Fsp3) is 0. The zero-order valence-electron chi connectivity index (χ0n) is 28.2. The molecule has 0 atom stereocenters. The largest absolute Gasteiger partial charge is 0.256 e. The van der Waals surface area contributed by atoms with Crippen LogP contribution in [0.4, 0.5) is 0 Å². The third-order valence-corrected chi connectivity index (χ3v) is 10.1. The van der Waals surface area contributed by atoms with Gasteiger partial charge in [0.2, 0.25) is 0 Å². The van der Waals surface area contributed by atoms with Gasteiger partial charge in [-0.15, -0.1) is 0 Å². The van der Waals surface area contributed by atoms with E-state index in [2.05, 4.69) is 146 Å². The molecule has 3 heteroatoms. The third-order valence-electron chi connectivity index (χ3n) is 10.1. The van der Waals surface area contributed by atoms with Crippen LogP contribution in [0.3, 0.4) is 0 Å². The maximum atomic E-state index is 5.22. The maximum Gasteiger partial charge on any atom is 0.160 e. The van der Waals surface area contributed by atoms with Crippen LogP contribution in [-0.4, -0.2) is 15.0 Å². The fourth-order valence-electron chi connectivity index (χ4n) is 7.69. The zero-order valence-corrected chi connectivity index (χ0v) is 28.2. The summed E-state index contributed by atoms with van der Waals surface area (Å²) in [4.78, 5) is 15.1. The van der Waals surface area contributed by atoms with E-state index >= 15 is 0 Å². The number of rotatable bonds is 5. The molecule has 2 aromatic heterocycles. The molecule has 0 radical (unpaired) electrons. The average Bonchev–Trinajstić information content (AvgIpc) is 3.24. The first kappa shape index (κ1) is 29.9. The molecular weight excluding hydrogens is 631 g/mol. The molecule has 0 N–H and O–H groups in total. The summed E-state index contributed by atoms with van der Waals surface area (Å²) in [7, 11) is 0. The Morgan fingerprint density at radius 1 is 0.288 bits per heavy atom. The summed E-state index contributed by atoms with van der Waals surface area (Å²) >= 11 is 0. The van der Waals surface area contributed by atoms with Crippen molar-refractivity contribution < 1.29 is 0 Å². The van der Waals surface area contributed by atoms with Crippen molar-refractivity contribution in [3.05, 3.63) is 188 Å². The number of aromatic nitrogens is 3. The molecule has 10 aromatic rings. The fourth-order valence-corrected chi connectivity index (χ4v) is 7.69. The Bertz CT molecular complexity index is 2880. The SMILES string of the molecule is c1ccc(-c2cc(-c3cc(-c4ccccn4)cc(-c4cc5c6ccccc6c6ccccc6c5c5ccccc45)c3)nc(-c3ccccc3)n2)cc1. The van der Waals surface area contributed by atoms with Gasteiger partial charge >= 0.3 is 0 Å². The highest BCUT2D eigenvalue weighted by Crippen LogP contribution is 2.44. The highest BCUT2D eigenvalue weighted by molar-refractivity contribution is 6.33. The van der Waals surface area contributed by atoms with E-state index in [1.54, 1.807) is 0 Å². The van der Waals surface area contributed by atoms with Gasteiger partial charge in [0.25, 0.3) is 0 Å². The van der Waals surface area contributed by atoms with E-state index in [1.165, 1.54) is 48.7 Å². The van der Waals surface area contributed by atoms with E-state index in [0.717, 1.165) is 44.9 Å². The number of hydrogen-bond acceptors (Lipinski definition) is 3. The first-order chi connectivity index (χ1) is 25.8. The summed E-state index contributed by atoms with van der Waals surface area (Å²) in [5, 5.41) is 10.0. The summed E-state index contributed by atoms with van der Waals surface area (Å²) < 4.78 is 0. The molecule has 0 unspecified atom stereocenters. The van der Waals surface area contributed by atoms with Crippen molar-refractivity contribution in [3.8, 4) is 56.3 Å². The Labute approximate surface area is 301 Å². The van der Waals surface area contributed by atoms with E-state index in [9.17, 15) is 0 Å². The van der Waals surface area contributed by atoms with Gasteiger partial charge in [0.15, 0.2) is 5.82 Å². The Hall–Kier alpha value is -6.97. The second kappa shape index (κ2) is 12.4. The van der Waals surface area contributed by atoms with Crippen LogP contribution in [0.5, 0.6) is 0 Å². The van der Waals surface area contributed by atoms with Crippen molar-refractivity contribution in [2.75, 3.05) is 0 Å². The van der Waals surface area contributed by atoms with Crippen LogP contribution >= 0.6 is 0 Å². The molecule has 0 aliphatic carbocycles. The molecule has 242 valence electrons. The molecule has 0 aliphatic heterocycles. The molecule has 10 rings (SSSR count). The molecule has 0 saturated carbocycles. The Kier molecular flexibility index (Phi) is 7.14. The van der Waals surface area contributed by atoms with Crippen molar-refractivity contribution in [3.63, 3.8) is 0 Å². The van der Waals surface area contributed by atoms with E-state index in [0.29, 0.717) is 5.82 Å². The molecule has 52 heavy (non-hydrogen) atoms. The lowest BCUT2D eigenvalue weighted by molar-refractivity contribution is 1.18. The van der Waals surface area contributed by atoms with Gasteiger partial charge in [0.05, 0.1) is 17.1 Å². The topological polar surface area (TPSA) is 38.7 Å². The second-order valence-electron chi connectivity index (χ2n) is 13.2. The lowest BCUT2D eigenvalue weighted by Gasteiger charge is -2.17. The summed E-state index contributed by atoms with van der Waals surface area (Å²) in [5.74, 6) is 0.691. The summed E-state index contributed by atoms with van der Waals surface area (Å²) in [6, 6.07) is 64.4. The molecule has 0 aliphatic rings. The summed E-state index contributed by atoms with van der Waals surface area (Å²) in [6.45, 7) is 0. The predicted molar refractivity (Wildman–Crippen MR) is 217 cm³/mol. The van der Waals surface area contributed by atoms with Crippen molar-refractivity contribution in [2.24, 2.45) is 0 Å². The number of fused-ring (bicyclic) bond motifs is 8. The minimum atomic E-state index is 0.691. The van der Waals surface area contributed by atoms with E-state index < -0.39 is 0 Å². The normalized spacial score (nSPS) is 11.5. The number of hydrogen-bond donors (Lipinski definition) is 0. The zero-order chi connectivity index (χ0) is 34.4. The van der Waals surface area contributed by atoms with Crippen LogP contribution in [-0.2, 0) is 0 Å². The average molecular weight is 662 g/mol. The van der Waals surface area contributed by atoms with Gasteiger partial charge in [-0.2, -0.15) is 0 Å². The van der Waals surface area contributed by atoms with Crippen LogP contribution in [0.2, 0.25) is 0 Å². The van der Waals surface area contributed by atoms with E-state index in [-0.39, 0.29) is 0 Å². The van der Waals surface area contributed by atoms with Gasteiger partial charge in [-0.05, 0) is 96.7 Å². The summed E-state index contributed by atoms with van der Waals surface area (Å²) in [5.41, 5.74) is 8.97. The first-order valence-corrected chi connectivity index (χ1v) is 17.6. The van der Waals surface area contributed by atoms with E-state index in [4.69, 9.17) is 15.0 Å². The van der Waals surface area contributed by atoms with Crippen LogP contribution in [0.15, 0.2) is 188 Å². The van der Waals surface area contributed by atoms with Gasteiger partial charge in [-0.1, -0.05) is 140 Å². The Morgan fingerprint density at radius 3 is 1.42 bits per heavy atom.